The van der Waals surface area contributed by atoms with Crippen LogP contribution in [0.15, 0.2) is 24.3 Å². The molecule has 0 aromatic heterocycles. The van der Waals surface area contributed by atoms with Crippen LogP contribution in [0.1, 0.15) is 56.8 Å². The molecule has 1 aromatic carbocycles. The van der Waals surface area contributed by atoms with E-state index in [0.29, 0.717) is 11.6 Å². The molecule has 1 aliphatic rings. The van der Waals surface area contributed by atoms with Gasteiger partial charge in [0, 0.05) is 29.9 Å². The average molecular weight is 304 g/mol. The first kappa shape index (κ1) is 16.8. The third-order valence-corrected chi connectivity index (χ3v) is 4.46. The van der Waals surface area contributed by atoms with E-state index in [1.165, 1.54) is 0 Å². The van der Waals surface area contributed by atoms with Crippen LogP contribution in [0.5, 0.6) is 0 Å². The molecule has 0 bridgehead atoms. The normalized spacial score (nSPS) is 21.7. The Kier molecular flexibility index (Phi) is 5.83. The van der Waals surface area contributed by atoms with Crippen molar-refractivity contribution in [3.8, 4) is 0 Å². The van der Waals surface area contributed by atoms with Crippen LogP contribution in [0.2, 0.25) is 0 Å². The van der Waals surface area contributed by atoms with Crippen LogP contribution < -0.4 is 10.2 Å². The Bertz CT molecular complexity index is 476. The molecule has 0 atom stereocenters. The second kappa shape index (κ2) is 7.63. The molecule has 22 heavy (non-hydrogen) atoms. The van der Waals surface area contributed by atoms with Gasteiger partial charge in [-0.25, -0.2) is 0 Å². The molecule has 0 radical (unpaired) electrons. The Morgan fingerprint density at radius 2 is 1.82 bits per heavy atom. The Morgan fingerprint density at radius 3 is 2.32 bits per heavy atom. The quantitative estimate of drug-likeness (QED) is 0.879. The van der Waals surface area contributed by atoms with E-state index in [9.17, 15) is 9.90 Å². The minimum atomic E-state index is -0.191. The molecule has 2 rings (SSSR count). The number of hydrogen-bond donors (Lipinski definition) is 2. The van der Waals surface area contributed by atoms with E-state index < -0.39 is 0 Å². The summed E-state index contributed by atoms with van der Waals surface area (Å²) < 4.78 is 0. The van der Waals surface area contributed by atoms with Gasteiger partial charge in [0.1, 0.15) is 0 Å². The summed E-state index contributed by atoms with van der Waals surface area (Å²) in [6, 6.07) is 8.46. The Hall–Kier alpha value is -1.55. The van der Waals surface area contributed by atoms with Gasteiger partial charge >= 0.3 is 0 Å². The van der Waals surface area contributed by atoms with Gasteiger partial charge in [0.25, 0.3) is 5.91 Å². The summed E-state index contributed by atoms with van der Waals surface area (Å²) in [4.78, 5) is 14.6. The van der Waals surface area contributed by atoms with E-state index in [4.69, 9.17) is 0 Å². The van der Waals surface area contributed by atoms with E-state index in [0.717, 1.165) is 37.9 Å². The number of aliphatic hydroxyl groups is 1. The molecule has 1 fully saturated rings. The van der Waals surface area contributed by atoms with Crippen molar-refractivity contribution in [1.82, 2.24) is 5.32 Å². The molecule has 0 unspecified atom stereocenters. The molecule has 0 saturated heterocycles. The van der Waals surface area contributed by atoms with E-state index in [1.807, 2.05) is 24.3 Å². The van der Waals surface area contributed by atoms with Gasteiger partial charge in [-0.3, -0.25) is 4.79 Å². The van der Waals surface area contributed by atoms with E-state index in [-0.39, 0.29) is 18.1 Å². The molecule has 1 saturated carbocycles. The Balaban J connectivity index is 1.96. The molecule has 1 amide bonds. The molecular formula is C18H28N2O2. The zero-order chi connectivity index (χ0) is 16.1. The number of aliphatic hydroxyl groups excluding tert-OH is 1. The van der Waals surface area contributed by atoms with Crippen molar-refractivity contribution < 1.29 is 9.90 Å². The summed E-state index contributed by atoms with van der Waals surface area (Å²) in [5, 5.41) is 12.6. The first-order chi connectivity index (χ1) is 10.5. The van der Waals surface area contributed by atoms with Gasteiger partial charge in [-0.15, -0.1) is 0 Å². The molecule has 0 heterocycles. The number of rotatable bonds is 5. The lowest BCUT2D eigenvalue weighted by molar-refractivity contribution is 0.0867. The molecule has 4 nitrogen and oxygen atoms in total. The minimum Gasteiger partial charge on any atom is -0.393 e. The maximum atomic E-state index is 12.3. The number of benzene rings is 1. The van der Waals surface area contributed by atoms with Crippen LogP contribution in [0.3, 0.4) is 0 Å². The average Bonchev–Trinajstić information content (AvgIpc) is 2.50. The van der Waals surface area contributed by atoms with Gasteiger partial charge in [-0.2, -0.15) is 0 Å². The number of hydrogen-bond acceptors (Lipinski definition) is 3. The predicted octanol–water partition coefficient (Wildman–Crippen LogP) is 2.95. The predicted molar refractivity (Wildman–Crippen MR) is 90.3 cm³/mol. The van der Waals surface area contributed by atoms with Gasteiger partial charge in [0.05, 0.1) is 6.10 Å². The van der Waals surface area contributed by atoms with Gasteiger partial charge in [-0.1, -0.05) is 0 Å². The lowest BCUT2D eigenvalue weighted by Crippen LogP contribution is -2.38. The van der Waals surface area contributed by atoms with Crippen molar-refractivity contribution in [3.63, 3.8) is 0 Å². The summed E-state index contributed by atoms with van der Waals surface area (Å²) in [7, 11) is 0. The third-order valence-electron chi connectivity index (χ3n) is 4.46. The third kappa shape index (κ3) is 4.23. The molecule has 2 N–H and O–H groups in total. The summed E-state index contributed by atoms with van der Waals surface area (Å²) in [5.74, 6) is -0.0134. The van der Waals surface area contributed by atoms with Crippen LogP contribution in [0.25, 0.3) is 0 Å². The van der Waals surface area contributed by atoms with Crippen molar-refractivity contribution in [1.29, 1.82) is 0 Å². The van der Waals surface area contributed by atoms with E-state index in [1.54, 1.807) is 0 Å². The van der Waals surface area contributed by atoms with Gasteiger partial charge in [0.15, 0.2) is 0 Å². The van der Waals surface area contributed by atoms with Gasteiger partial charge in [0.2, 0.25) is 0 Å². The number of nitrogens with zero attached hydrogens (tertiary/aromatic N) is 1. The zero-order valence-electron chi connectivity index (χ0n) is 13.9. The van der Waals surface area contributed by atoms with Crippen molar-refractivity contribution in [2.45, 2.75) is 64.6 Å². The second-order valence-corrected chi connectivity index (χ2v) is 6.41. The zero-order valence-corrected chi connectivity index (χ0v) is 13.9. The highest BCUT2D eigenvalue weighted by atomic mass is 16.3. The van der Waals surface area contributed by atoms with E-state index >= 15 is 0 Å². The maximum Gasteiger partial charge on any atom is 0.251 e. The Morgan fingerprint density at radius 1 is 1.23 bits per heavy atom. The maximum absolute atomic E-state index is 12.3. The monoisotopic (exact) mass is 304 g/mol. The molecule has 0 spiro atoms. The summed E-state index contributed by atoms with van der Waals surface area (Å²) in [6.07, 6.45) is 3.10. The summed E-state index contributed by atoms with van der Waals surface area (Å²) in [5.41, 5.74) is 1.85. The fraction of sp³-hybridized carbons (Fsp3) is 0.611. The lowest BCUT2D eigenvalue weighted by atomic mass is 9.93. The highest BCUT2D eigenvalue weighted by Gasteiger charge is 2.21. The van der Waals surface area contributed by atoms with Crippen LogP contribution in [0, 0.1) is 0 Å². The van der Waals surface area contributed by atoms with E-state index in [2.05, 4.69) is 31.0 Å². The van der Waals surface area contributed by atoms with Crippen molar-refractivity contribution in [3.05, 3.63) is 29.8 Å². The van der Waals surface area contributed by atoms with Crippen molar-refractivity contribution >= 4 is 11.6 Å². The first-order valence-corrected chi connectivity index (χ1v) is 8.37. The highest BCUT2D eigenvalue weighted by Crippen LogP contribution is 2.20. The molecule has 4 heteroatoms. The first-order valence-electron chi connectivity index (χ1n) is 8.37. The highest BCUT2D eigenvalue weighted by molar-refractivity contribution is 5.94. The van der Waals surface area contributed by atoms with Crippen LogP contribution in [-0.2, 0) is 0 Å². The molecule has 1 aliphatic carbocycles. The number of amides is 1. The Labute approximate surface area is 133 Å². The summed E-state index contributed by atoms with van der Waals surface area (Å²) >= 11 is 0. The number of carbonyl (C=O) groups excluding carboxylic acids is 1. The number of anilines is 1. The standard InChI is InChI=1S/C18H28N2O2/c1-4-20(13(2)3)16-9-5-14(6-10-16)18(22)19-15-7-11-17(21)12-8-15/h5-6,9-10,13,15,17,21H,4,7-8,11-12H2,1-3H3,(H,19,22). The fourth-order valence-corrected chi connectivity index (χ4v) is 3.14. The second-order valence-electron chi connectivity index (χ2n) is 6.41. The number of carbonyl (C=O) groups is 1. The molecule has 122 valence electrons. The SMILES string of the molecule is CCN(c1ccc(C(=O)NC2CCC(O)CC2)cc1)C(C)C. The van der Waals surface area contributed by atoms with Crippen LogP contribution in [0.4, 0.5) is 5.69 Å². The van der Waals surface area contributed by atoms with Crippen molar-refractivity contribution in [2.75, 3.05) is 11.4 Å². The molecular weight excluding hydrogens is 276 g/mol. The number of nitrogens with one attached hydrogen (secondary N) is 1. The summed E-state index contributed by atoms with van der Waals surface area (Å²) in [6.45, 7) is 7.43. The smallest absolute Gasteiger partial charge is 0.251 e. The van der Waals surface area contributed by atoms with Crippen LogP contribution >= 0.6 is 0 Å². The van der Waals surface area contributed by atoms with Crippen LogP contribution in [-0.4, -0.2) is 35.7 Å². The molecule has 0 aliphatic heterocycles. The fourth-order valence-electron chi connectivity index (χ4n) is 3.14. The van der Waals surface area contributed by atoms with Crippen molar-refractivity contribution in [2.24, 2.45) is 0 Å². The topological polar surface area (TPSA) is 52.6 Å². The lowest BCUT2D eigenvalue weighted by Gasteiger charge is -2.28. The molecule has 1 aromatic rings. The largest absolute Gasteiger partial charge is 0.393 e. The van der Waals surface area contributed by atoms with Gasteiger partial charge < -0.3 is 15.3 Å². The minimum absolute atomic E-state index is 0.0134. The van der Waals surface area contributed by atoms with Gasteiger partial charge in [-0.05, 0) is 70.7 Å².